The second-order valence-corrected chi connectivity index (χ2v) is 5.56. The van der Waals surface area contributed by atoms with Crippen LogP contribution < -0.4 is 10.5 Å². The van der Waals surface area contributed by atoms with Crippen molar-refractivity contribution in [2.45, 2.75) is 6.61 Å². The fourth-order valence-corrected chi connectivity index (χ4v) is 2.12. The summed E-state index contributed by atoms with van der Waals surface area (Å²) in [6.45, 7) is 0.0568. The van der Waals surface area contributed by atoms with Crippen molar-refractivity contribution in [2.24, 2.45) is 0 Å². The summed E-state index contributed by atoms with van der Waals surface area (Å²) in [6.07, 6.45) is 0. The Hall–Kier alpha value is -0.970. The Kier molecular flexibility index (Phi) is 4.55. The molecule has 2 aromatic rings. The largest absolute Gasteiger partial charge is 0.487 e. The highest BCUT2D eigenvalue weighted by atomic mass is 79.9. The van der Waals surface area contributed by atoms with Crippen LogP contribution in [0.25, 0.3) is 0 Å². The Labute approximate surface area is 128 Å². The van der Waals surface area contributed by atoms with E-state index in [4.69, 9.17) is 33.7 Å². The third-order valence-electron chi connectivity index (χ3n) is 2.45. The molecule has 100 valence electrons. The van der Waals surface area contributed by atoms with Gasteiger partial charge in [0.1, 0.15) is 18.2 Å². The fraction of sp³-hybridized carbons (Fsp3) is 0.0769. The Balaban J connectivity index is 2.16. The lowest BCUT2D eigenvalue weighted by Crippen LogP contribution is -2.01. The van der Waals surface area contributed by atoms with E-state index in [2.05, 4.69) is 15.9 Å². The number of rotatable bonds is 3. The molecule has 19 heavy (non-hydrogen) atoms. The van der Waals surface area contributed by atoms with E-state index in [9.17, 15) is 4.39 Å². The molecule has 2 rings (SSSR count). The highest BCUT2D eigenvalue weighted by Crippen LogP contribution is 2.32. The van der Waals surface area contributed by atoms with Crippen molar-refractivity contribution in [3.05, 3.63) is 56.2 Å². The first-order chi connectivity index (χ1) is 8.97. The molecule has 0 spiro atoms. The van der Waals surface area contributed by atoms with Gasteiger partial charge in [-0.1, -0.05) is 45.2 Å². The number of ether oxygens (including phenoxy) is 1. The Morgan fingerprint density at radius 2 is 1.84 bits per heavy atom. The SMILES string of the molecule is Nc1cc(Cl)c(Cl)cc1OCc1ccc(Br)cc1F. The van der Waals surface area contributed by atoms with Crippen molar-refractivity contribution >= 4 is 44.8 Å². The summed E-state index contributed by atoms with van der Waals surface area (Å²) in [6, 6.07) is 7.75. The molecular formula is C13H9BrCl2FNO. The van der Waals surface area contributed by atoms with E-state index in [1.54, 1.807) is 12.1 Å². The van der Waals surface area contributed by atoms with Crippen LogP contribution in [0.4, 0.5) is 10.1 Å². The first-order valence-electron chi connectivity index (χ1n) is 5.28. The summed E-state index contributed by atoms with van der Waals surface area (Å²) in [5.41, 5.74) is 6.53. The number of anilines is 1. The van der Waals surface area contributed by atoms with Crippen LogP contribution in [0.2, 0.25) is 10.0 Å². The van der Waals surface area contributed by atoms with Gasteiger partial charge in [-0.25, -0.2) is 4.39 Å². The average molecular weight is 365 g/mol. The van der Waals surface area contributed by atoms with Gasteiger partial charge >= 0.3 is 0 Å². The van der Waals surface area contributed by atoms with Crippen LogP contribution in [0.5, 0.6) is 5.75 Å². The van der Waals surface area contributed by atoms with Crippen molar-refractivity contribution in [3.8, 4) is 5.75 Å². The molecule has 6 heteroatoms. The predicted octanol–water partition coefficient (Wildman–Crippen LogP) is 5.06. The van der Waals surface area contributed by atoms with E-state index in [0.29, 0.717) is 31.5 Å². The maximum absolute atomic E-state index is 13.6. The van der Waals surface area contributed by atoms with Crippen LogP contribution >= 0.6 is 39.1 Å². The lowest BCUT2D eigenvalue weighted by molar-refractivity contribution is 0.301. The van der Waals surface area contributed by atoms with E-state index in [1.807, 2.05) is 0 Å². The molecule has 2 nitrogen and oxygen atoms in total. The normalized spacial score (nSPS) is 10.5. The summed E-state index contributed by atoms with van der Waals surface area (Å²) < 4.78 is 19.7. The molecule has 0 aliphatic carbocycles. The van der Waals surface area contributed by atoms with Crippen LogP contribution in [0, 0.1) is 5.82 Å². The lowest BCUT2D eigenvalue weighted by Gasteiger charge is -2.11. The van der Waals surface area contributed by atoms with E-state index < -0.39 is 0 Å². The number of hydrogen-bond acceptors (Lipinski definition) is 2. The highest BCUT2D eigenvalue weighted by Gasteiger charge is 2.08. The van der Waals surface area contributed by atoms with Crippen LogP contribution in [-0.4, -0.2) is 0 Å². The number of benzene rings is 2. The molecule has 0 radical (unpaired) electrons. The third-order valence-corrected chi connectivity index (χ3v) is 3.67. The molecular weight excluding hydrogens is 356 g/mol. The first-order valence-corrected chi connectivity index (χ1v) is 6.83. The van der Waals surface area contributed by atoms with E-state index in [-0.39, 0.29) is 12.4 Å². The molecule has 0 amide bonds. The van der Waals surface area contributed by atoms with E-state index in [1.165, 1.54) is 18.2 Å². The van der Waals surface area contributed by atoms with Gasteiger partial charge in [-0.05, 0) is 18.2 Å². The fourth-order valence-electron chi connectivity index (χ4n) is 1.46. The zero-order valence-corrected chi connectivity index (χ0v) is 12.7. The minimum absolute atomic E-state index is 0.0568. The molecule has 0 unspecified atom stereocenters. The number of hydrogen-bond donors (Lipinski definition) is 1. The van der Waals surface area contributed by atoms with Crippen molar-refractivity contribution in [1.82, 2.24) is 0 Å². The van der Waals surface area contributed by atoms with Gasteiger partial charge in [0.05, 0.1) is 15.7 Å². The van der Waals surface area contributed by atoms with Crippen LogP contribution in [0.3, 0.4) is 0 Å². The Morgan fingerprint density at radius 3 is 2.53 bits per heavy atom. The third kappa shape index (κ3) is 3.53. The van der Waals surface area contributed by atoms with Gasteiger partial charge in [0.2, 0.25) is 0 Å². The minimum Gasteiger partial charge on any atom is -0.487 e. The average Bonchev–Trinajstić information content (AvgIpc) is 2.34. The second kappa shape index (κ2) is 5.99. The molecule has 0 heterocycles. The molecule has 2 N–H and O–H groups in total. The van der Waals surface area contributed by atoms with Gasteiger partial charge in [0, 0.05) is 16.1 Å². The Morgan fingerprint density at radius 1 is 1.16 bits per heavy atom. The van der Waals surface area contributed by atoms with Crippen molar-refractivity contribution in [1.29, 1.82) is 0 Å². The zero-order valence-electron chi connectivity index (χ0n) is 9.59. The van der Waals surface area contributed by atoms with Crippen molar-refractivity contribution in [3.63, 3.8) is 0 Å². The maximum atomic E-state index is 13.6. The molecule has 0 bridgehead atoms. The van der Waals surface area contributed by atoms with Crippen LogP contribution in [0.1, 0.15) is 5.56 Å². The van der Waals surface area contributed by atoms with Gasteiger partial charge in [-0.2, -0.15) is 0 Å². The minimum atomic E-state index is -0.354. The topological polar surface area (TPSA) is 35.2 Å². The molecule has 0 aliphatic rings. The Bertz CT molecular complexity index is 622. The van der Waals surface area contributed by atoms with E-state index >= 15 is 0 Å². The molecule has 0 atom stereocenters. The molecule has 2 aromatic carbocycles. The summed E-state index contributed by atoms with van der Waals surface area (Å²) in [5.74, 6) is 0.0183. The molecule has 0 aromatic heterocycles. The van der Waals surface area contributed by atoms with Gasteiger partial charge in [0.25, 0.3) is 0 Å². The smallest absolute Gasteiger partial charge is 0.144 e. The molecule has 0 saturated carbocycles. The van der Waals surface area contributed by atoms with Crippen molar-refractivity contribution in [2.75, 3.05) is 5.73 Å². The monoisotopic (exact) mass is 363 g/mol. The maximum Gasteiger partial charge on any atom is 0.144 e. The zero-order chi connectivity index (χ0) is 14.0. The van der Waals surface area contributed by atoms with Gasteiger partial charge in [0.15, 0.2) is 0 Å². The van der Waals surface area contributed by atoms with E-state index in [0.717, 1.165) is 0 Å². The quantitative estimate of drug-likeness (QED) is 0.773. The summed E-state index contributed by atoms with van der Waals surface area (Å²) in [4.78, 5) is 0. The van der Waals surface area contributed by atoms with Crippen molar-refractivity contribution < 1.29 is 9.13 Å². The lowest BCUT2D eigenvalue weighted by atomic mass is 10.2. The summed E-state index contributed by atoms with van der Waals surface area (Å²) >= 11 is 14.9. The number of halogens is 4. The van der Waals surface area contributed by atoms with Gasteiger partial charge < -0.3 is 10.5 Å². The first kappa shape index (κ1) is 14.4. The summed E-state index contributed by atoms with van der Waals surface area (Å²) in [5, 5.41) is 0.684. The van der Waals surface area contributed by atoms with Gasteiger partial charge in [-0.15, -0.1) is 0 Å². The molecule has 0 fully saturated rings. The van der Waals surface area contributed by atoms with Crippen LogP contribution in [0.15, 0.2) is 34.8 Å². The number of nitrogen functional groups attached to an aromatic ring is 1. The van der Waals surface area contributed by atoms with Crippen LogP contribution in [-0.2, 0) is 6.61 Å². The number of nitrogens with two attached hydrogens (primary N) is 1. The standard InChI is InChI=1S/C13H9BrCl2FNO/c14-8-2-1-7(11(17)3-8)6-19-13-5-10(16)9(15)4-12(13)18/h1-5H,6,18H2. The molecule has 0 saturated heterocycles. The molecule has 0 aliphatic heterocycles. The second-order valence-electron chi connectivity index (χ2n) is 3.83. The highest BCUT2D eigenvalue weighted by molar-refractivity contribution is 9.10. The van der Waals surface area contributed by atoms with Gasteiger partial charge in [-0.3, -0.25) is 0 Å². The predicted molar refractivity (Wildman–Crippen MR) is 79.3 cm³/mol. The summed E-state index contributed by atoms with van der Waals surface area (Å²) in [7, 11) is 0.